The van der Waals surface area contributed by atoms with E-state index in [1.807, 2.05) is 42.6 Å². The Morgan fingerprint density at radius 3 is 2.47 bits per heavy atom. The zero-order valence-electron chi connectivity index (χ0n) is 8.27. The largest absolute Gasteiger partial charge is 0.383 e. The Labute approximate surface area is 98.0 Å². The molecule has 1 unspecified atom stereocenters. The third-order valence-electron chi connectivity index (χ3n) is 2.29. The number of thiophene rings is 1. The maximum Gasteiger partial charge on any atom is 0.115 e. The molecule has 15 heavy (non-hydrogen) atoms. The predicted octanol–water partition coefficient (Wildman–Crippen LogP) is 3.79. The summed E-state index contributed by atoms with van der Waals surface area (Å²) < 4.78 is 0. The summed E-state index contributed by atoms with van der Waals surface area (Å²) in [5, 5.41) is 12.8. The Bertz CT molecular complexity index is 450. The van der Waals surface area contributed by atoms with Crippen molar-refractivity contribution >= 4 is 22.9 Å². The average Bonchev–Trinajstić information content (AvgIpc) is 2.60. The van der Waals surface area contributed by atoms with Crippen molar-refractivity contribution in [2.75, 3.05) is 0 Å². The molecule has 0 spiro atoms. The van der Waals surface area contributed by atoms with Crippen LogP contribution < -0.4 is 0 Å². The Hall–Kier alpha value is -0.830. The van der Waals surface area contributed by atoms with Crippen LogP contribution >= 0.6 is 22.9 Å². The fraction of sp³-hybridized carbons (Fsp3) is 0.167. The van der Waals surface area contributed by atoms with Crippen molar-refractivity contribution < 1.29 is 5.11 Å². The minimum absolute atomic E-state index is 0.614. The van der Waals surface area contributed by atoms with Crippen molar-refractivity contribution in [3.8, 4) is 0 Å². The smallest absolute Gasteiger partial charge is 0.115 e. The molecule has 0 amide bonds. The summed E-state index contributed by atoms with van der Waals surface area (Å²) in [6, 6.07) is 9.55. The van der Waals surface area contributed by atoms with Gasteiger partial charge in [-0.15, -0.1) is 11.3 Å². The summed E-state index contributed by atoms with van der Waals surface area (Å²) in [4.78, 5) is 0.820. The van der Waals surface area contributed by atoms with E-state index >= 15 is 0 Å². The maximum absolute atomic E-state index is 10.1. The highest BCUT2D eigenvalue weighted by molar-refractivity contribution is 7.10. The molecule has 2 rings (SSSR count). The molecule has 78 valence electrons. The minimum atomic E-state index is -0.614. The van der Waals surface area contributed by atoms with Gasteiger partial charge in [0.1, 0.15) is 6.10 Å². The van der Waals surface area contributed by atoms with Crippen molar-refractivity contribution in [3.05, 3.63) is 56.7 Å². The molecule has 0 saturated carbocycles. The van der Waals surface area contributed by atoms with Crippen molar-refractivity contribution in [1.82, 2.24) is 0 Å². The molecule has 1 atom stereocenters. The van der Waals surface area contributed by atoms with Gasteiger partial charge in [0.2, 0.25) is 0 Å². The van der Waals surface area contributed by atoms with Crippen LogP contribution in [0.2, 0.25) is 5.02 Å². The molecule has 0 saturated heterocycles. The highest BCUT2D eigenvalue weighted by Gasteiger charge is 2.16. The summed E-state index contributed by atoms with van der Waals surface area (Å²) in [5.41, 5.74) is 1.90. The quantitative estimate of drug-likeness (QED) is 0.844. The Balaban J connectivity index is 2.37. The van der Waals surface area contributed by atoms with Gasteiger partial charge in [0.05, 0.1) is 9.90 Å². The number of rotatable bonds is 2. The highest BCUT2D eigenvalue weighted by atomic mass is 35.5. The number of aryl methyl sites for hydroxylation is 1. The second-order valence-corrected chi connectivity index (χ2v) is 4.70. The number of hydrogen-bond donors (Lipinski definition) is 1. The molecule has 2 aromatic rings. The van der Waals surface area contributed by atoms with Crippen LogP contribution in [0.3, 0.4) is 0 Å². The van der Waals surface area contributed by atoms with Gasteiger partial charge in [-0.25, -0.2) is 0 Å². The summed E-state index contributed by atoms with van der Waals surface area (Å²) in [6.07, 6.45) is -0.614. The van der Waals surface area contributed by atoms with E-state index in [2.05, 4.69) is 0 Å². The third kappa shape index (κ3) is 2.07. The van der Waals surface area contributed by atoms with E-state index in [1.165, 1.54) is 11.3 Å². The monoisotopic (exact) mass is 238 g/mol. The SMILES string of the molecule is Cc1csc(C(O)c2ccccc2)c1Cl. The first-order chi connectivity index (χ1) is 7.20. The molecular weight excluding hydrogens is 228 g/mol. The topological polar surface area (TPSA) is 20.2 Å². The van der Waals surface area contributed by atoms with Gasteiger partial charge in [-0.1, -0.05) is 41.9 Å². The summed E-state index contributed by atoms with van der Waals surface area (Å²) >= 11 is 7.60. The predicted molar refractivity (Wildman–Crippen MR) is 64.6 cm³/mol. The average molecular weight is 239 g/mol. The molecule has 1 aromatic heterocycles. The Morgan fingerprint density at radius 2 is 1.93 bits per heavy atom. The van der Waals surface area contributed by atoms with Crippen LogP contribution in [-0.4, -0.2) is 5.11 Å². The van der Waals surface area contributed by atoms with Gasteiger partial charge in [-0.2, -0.15) is 0 Å². The first kappa shape index (κ1) is 10.7. The molecule has 0 bridgehead atoms. The zero-order valence-corrected chi connectivity index (χ0v) is 9.85. The second-order valence-electron chi connectivity index (χ2n) is 3.41. The lowest BCUT2D eigenvalue weighted by atomic mass is 10.1. The fourth-order valence-electron chi connectivity index (χ4n) is 1.42. The van der Waals surface area contributed by atoms with E-state index in [1.54, 1.807) is 0 Å². The van der Waals surface area contributed by atoms with E-state index in [0.717, 1.165) is 16.0 Å². The molecule has 1 heterocycles. The van der Waals surface area contributed by atoms with Gasteiger partial charge in [-0.05, 0) is 23.4 Å². The zero-order chi connectivity index (χ0) is 10.8. The number of halogens is 1. The first-order valence-corrected chi connectivity index (χ1v) is 5.92. The van der Waals surface area contributed by atoms with Gasteiger partial charge in [0.25, 0.3) is 0 Å². The maximum atomic E-state index is 10.1. The Morgan fingerprint density at radius 1 is 1.27 bits per heavy atom. The molecule has 1 N–H and O–H groups in total. The minimum Gasteiger partial charge on any atom is -0.383 e. The van der Waals surface area contributed by atoms with E-state index in [4.69, 9.17) is 11.6 Å². The van der Waals surface area contributed by atoms with Crippen LogP contribution in [0.4, 0.5) is 0 Å². The standard InChI is InChI=1S/C12H11ClOS/c1-8-7-15-12(10(8)13)11(14)9-5-3-2-4-6-9/h2-7,11,14H,1H3. The van der Waals surface area contributed by atoms with Gasteiger partial charge >= 0.3 is 0 Å². The van der Waals surface area contributed by atoms with E-state index < -0.39 is 6.10 Å². The lowest BCUT2D eigenvalue weighted by Gasteiger charge is -2.09. The van der Waals surface area contributed by atoms with E-state index in [-0.39, 0.29) is 0 Å². The highest BCUT2D eigenvalue weighted by Crippen LogP contribution is 2.35. The van der Waals surface area contributed by atoms with Crippen LogP contribution in [0, 0.1) is 6.92 Å². The number of aliphatic hydroxyl groups is 1. The van der Waals surface area contributed by atoms with Crippen LogP contribution in [0.5, 0.6) is 0 Å². The van der Waals surface area contributed by atoms with Crippen LogP contribution in [0.1, 0.15) is 22.1 Å². The summed E-state index contributed by atoms with van der Waals surface area (Å²) in [5.74, 6) is 0. The molecule has 3 heteroatoms. The molecule has 0 aliphatic rings. The fourth-order valence-corrected chi connectivity index (χ4v) is 2.73. The van der Waals surface area contributed by atoms with Gasteiger partial charge in [-0.3, -0.25) is 0 Å². The molecule has 0 radical (unpaired) electrons. The first-order valence-electron chi connectivity index (χ1n) is 4.66. The van der Waals surface area contributed by atoms with Crippen molar-refractivity contribution in [1.29, 1.82) is 0 Å². The molecular formula is C12H11ClOS. The van der Waals surface area contributed by atoms with Crippen molar-refractivity contribution in [2.24, 2.45) is 0 Å². The van der Waals surface area contributed by atoms with Crippen LogP contribution in [0.25, 0.3) is 0 Å². The van der Waals surface area contributed by atoms with Crippen LogP contribution in [-0.2, 0) is 0 Å². The molecule has 0 aliphatic heterocycles. The summed E-state index contributed by atoms with van der Waals surface area (Å²) in [6.45, 7) is 1.94. The molecule has 0 aliphatic carbocycles. The molecule has 1 aromatic carbocycles. The molecule has 0 fully saturated rings. The van der Waals surface area contributed by atoms with Gasteiger partial charge < -0.3 is 5.11 Å². The van der Waals surface area contributed by atoms with Crippen molar-refractivity contribution in [3.63, 3.8) is 0 Å². The normalized spacial score (nSPS) is 12.7. The van der Waals surface area contributed by atoms with Crippen molar-refractivity contribution in [2.45, 2.75) is 13.0 Å². The number of aliphatic hydroxyl groups excluding tert-OH is 1. The van der Waals surface area contributed by atoms with E-state index in [9.17, 15) is 5.11 Å². The Kier molecular flexibility index (Phi) is 3.10. The van der Waals surface area contributed by atoms with E-state index in [0.29, 0.717) is 5.02 Å². The lowest BCUT2D eigenvalue weighted by molar-refractivity contribution is 0.224. The molecule has 1 nitrogen and oxygen atoms in total. The number of hydrogen-bond acceptors (Lipinski definition) is 2. The van der Waals surface area contributed by atoms with Gasteiger partial charge in [0, 0.05) is 0 Å². The third-order valence-corrected chi connectivity index (χ3v) is 4.06. The van der Waals surface area contributed by atoms with Crippen LogP contribution in [0.15, 0.2) is 35.7 Å². The van der Waals surface area contributed by atoms with Gasteiger partial charge in [0.15, 0.2) is 0 Å². The lowest BCUT2D eigenvalue weighted by Crippen LogP contribution is -1.97. The summed E-state index contributed by atoms with van der Waals surface area (Å²) in [7, 11) is 0. The second kappa shape index (κ2) is 4.35. The number of benzene rings is 1.